The average Bonchev–Trinajstić information content (AvgIpc) is 3.22. The summed E-state index contributed by atoms with van der Waals surface area (Å²) in [4.78, 5) is 35.0. The highest BCUT2D eigenvalue weighted by Crippen LogP contribution is 2.18. The predicted molar refractivity (Wildman–Crippen MR) is 115 cm³/mol. The summed E-state index contributed by atoms with van der Waals surface area (Å²) >= 11 is 6.07. The van der Waals surface area contributed by atoms with Gasteiger partial charge in [0.05, 0.1) is 27.5 Å². The number of benzene rings is 1. The highest BCUT2D eigenvalue weighted by atomic mass is 35.5. The molecule has 1 N–H and O–H groups in total. The lowest BCUT2D eigenvalue weighted by Crippen LogP contribution is -2.21. The van der Waals surface area contributed by atoms with Crippen LogP contribution in [0.1, 0.15) is 12.7 Å². The van der Waals surface area contributed by atoms with Crippen LogP contribution in [0.3, 0.4) is 0 Å². The Labute approximate surface area is 174 Å². The van der Waals surface area contributed by atoms with E-state index in [1.165, 1.54) is 9.13 Å². The molecule has 0 unspecified atom stereocenters. The van der Waals surface area contributed by atoms with E-state index in [1.807, 2.05) is 6.92 Å². The number of aromatic nitrogens is 6. The summed E-state index contributed by atoms with van der Waals surface area (Å²) in [5.74, 6) is 0.932. The standard InChI is InChI=1S/C21H15ClN6O2/c1-2-18-24-21(26-25-18)28-9-7-17-15(20(28)30)11-14-16(23-17)6-8-27(19(14)29)13-5-3-4-12(22)10-13/h3-11H,2H2,1H3,(H,24,25,26). The number of hydrogen-bond donors (Lipinski definition) is 1. The molecule has 0 radical (unpaired) electrons. The van der Waals surface area contributed by atoms with Crippen LogP contribution in [0.2, 0.25) is 5.02 Å². The summed E-state index contributed by atoms with van der Waals surface area (Å²) in [7, 11) is 0. The second-order valence-electron chi connectivity index (χ2n) is 6.75. The highest BCUT2D eigenvalue weighted by molar-refractivity contribution is 6.30. The van der Waals surface area contributed by atoms with Gasteiger partial charge in [0.2, 0.25) is 0 Å². The molecule has 30 heavy (non-hydrogen) atoms. The van der Waals surface area contributed by atoms with Gasteiger partial charge in [-0.1, -0.05) is 24.6 Å². The fourth-order valence-electron chi connectivity index (χ4n) is 3.36. The van der Waals surface area contributed by atoms with Gasteiger partial charge in [-0.3, -0.25) is 19.3 Å². The minimum absolute atomic E-state index is 0.253. The number of halogens is 1. The van der Waals surface area contributed by atoms with E-state index >= 15 is 0 Å². The first-order chi connectivity index (χ1) is 14.5. The molecule has 4 aromatic heterocycles. The molecule has 9 heteroatoms. The Morgan fingerprint density at radius 3 is 2.30 bits per heavy atom. The topological polar surface area (TPSA) is 98.5 Å². The summed E-state index contributed by atoms with van der Waals surface area (Å²) in [6.07, 6.45) is 3.90. The smallest absolute Gasteiger partial charge is 0.267 e. The van der Waals surface area contributed by atoms with Crippen molar-refractivity contribution in [2.45, 2.75) is 13.3 Å². The number of nitrogens with zero attached hydrogens (tertiary/aromatic N) is 5. The highest BCUT2D eigenvalue weighted by Gasteiger charge is 2.13. The molecule has 1 aromatic carbocycles. The fraction of sp³-hybridized carbons (Fsp3) is 0.0952. The number of rotatable bonds is 3. The van der Waals surface area contributed by atoms with Gasteiger partial charge in [0.1, 0.15) is 5.82 Å². The normalized spacial score (nSPS) is 11.4. The number of aromatic amines is 1. The van der Waals surface area contributed by atoms with E-state index in [1.54, 1.807) is 54.9 Å². The minimum Gasteiger partial charge on any atom is -0.284 e. The Kier molecular flexibility index (Phi) is 4.22. The van der Waals surface area contributed by atoms with E-state index in [0.29, 0.717) is 44.8 Å². The van der Waals surface area contributed by atoms with Crippen LogP contribution in [0.5, 0.6) is 0 Å². The Bertz CT molecular complexity index is 1550. The molecule has 0 fully saturated rings. The summed E-state index contributed by atoms with van der Waals surface area (Å²) < 4.78 is 2.82. The third-order valence-electron chi connectivity index (χ3n) is 4.90. The first kappa shape index (κ1) is 18.3. The lowest BCUT2D eigenvalue weighted by atomic mass is 10.2. The van der Waals surface area contributed by atoms with Crippen LogP contribution >= 0.6 is 11.6 Å². The first-order valence-corrected chi connectivity index (χ1v) is 9.68. The molecule has 0 aliphatic rings. The summed E-state index contributed by atoms with van der Waals surface area (Å²) in [5, 5.41) is 8.07. The second kappa shape index (κ2) is 6.93. The minimum atomic E-state index is -0.346. The SMILES string of the molecule is CCc1nc(-n2ccc3nc4ccn(-c5cccc(Cl)c5)c(=O)c4cc3c2=O)n[nH]1. The Hall–Kier alpha value is -3.78. The van der Waals surface area contributed by atoms with Crippen LogP contribution in [-0.4, -0.2) is 29.3 Å². The number of hydrogen-bond acceptors (Lipinski definition) is 5. The van der Waals surface area contributed by atoms with Gasteiger partial charge in [-0.15, -0.1) is 5.10 Å². The van der Waals surface area contributed by atoms with Crippen molar-refractivity contribution in [2.24, 2.45) is 0 Å². The molecule has 0 spiro atoms. The lowest BCUT2D eigenvalue weighted by molar-refractivity contribution is 0.901. The van der Waals surface area contributed by atoms with E-state index in [-0.39, 0.29) is 17.1 Å². The number of fused-ring (bicyclic) bond motifs is 2. The van der Waals surface area contributed by atoms with Crippen molar-refractivity contribution in [3.63, 3.8) is 0 Å². The quantitative estimate of drug-likeness (QED) is 0.454. The Morgan fingerprint density at radius 1 is 0.933 bits per heavy atom. The zero-order valence-corrected chi connectivity index (χ0v) is 16.6. The fourth-order valence-corrected chi connectivity index (χ4v) is 3.55. The van der Waals surface area contributed by atoms with Gasteiger partial charge < -0.3 is 0 Å². The number of H-pyrrole nitrogens is 1. The summed E-state index contributed by atoms with van der Waals surface area (Å²) in [6, 6.07) is 12.0. The summed E-state index contributed by atoms with van der Waals surface area (Å²) in [5.41, 5.74) is 1.00. The van der Waals surface area contributed by atoms with E-state index in [4.69, 9.17) is 11.6 Å². The number of aryl methyl sites for hydroxylation is 1. The van der Waals surface area contributed by atoms with E-state index < -0.39 is 0 Å². The molecule has 0 bridgehead atoms. The number of pyridine rings is 3. The Morgan fingerprint density at radius 2 is 1.63 bits per heavy atom. The molecule has 8 nitrogen and oxygen atoms in total. The third-order valence-corrected chi connectivity index (χ3v) is 5.13. The zero-order valence-electron chi connectivity index (χ0n) is 15.8. The van der Waals surface area contributed by atoms with E-state index in [0.717, 1.165) is 0 Å². The van der Waals surface area contributed by atoms with Gasteiger partial charge in [0, 0.05) is 23.8 Å². The number of nitrogens with one attached hydrogen (secondary N) is 1. The van der Waals surface area contributed by atoms with Crippen LogP contribution in [0.4, 0.5) is 0 Å². The molecule has 5 rings (SSSR count). The van der Waals surface area contributed by atoms with Gasteiger partial charge in [-0.05, 0) is 36.4 Å². The maximum absolute atomic E-state index is 13.1. The molecule has 0 aliphatic heterocycles. The molecular weight excluding hydrogens is 404 g/mol. The largest absolute Gasteiger partial charge is 0.284 e. The van der Waals surface area contributed by atoms with E-state index in [2.05, 4.69) is 20.2 Å². The van der Waals surface area contributed by atoms with Crippen LogP contribution in [-0.2, 0) is 6.42 Å². The van der Waals surface area contributed by atoms with Crippen LogP contribution in [0, 0.1) is 0 Å². The van der Waals surface area contributed by atoms with Crippen LogP contribution in [0.15, 0.2) is 64.4 Å². The van der Waals surface area contributed by atoms with Gasteiger partial charge in [-0.25, -0.2) is 9.55 Å². The molecule has 148 valence electrons. The molecule has 0 saturated carbocycles. The lowest BCUT2D eigenvalue weighted by Gasteiger charge is -2.09. The molecular formula is C21H15ClN6O2. The molecule has 4 heterocycles. The first-order valence-electron chi connectivity index (χ1n) is 9.30. The van der Waals surface area contributed by atoms with Gasteiger partial charge in [0.15, 0.2) is 0 Å². The molecule has 0 saturated heterocycles. The maximum atomic E-state index is 13.1. The van der Waals surface area contributed by atoms with Crippen molar-refractivity contribution in [2.75, 3.05) is 0 Å². The van der Waals surface area contributed by atoms with Crippen molar-refractivity contribution in [1.29, 1.82) is 0 Å². The van der Waals surface area contributed by atoms with Crippen molar-refractivity contribution in [1.82, 2.24) is 29.3 Å². The monoisotopic (exact) mass is 418 g/mol. The molecule has 5 aromatic rings. The van der Waals surface area contributed by atoms with Crippen LogP contribution < -0.4 is 11.1 Å². The van der Waals surface area contributed by atoms with Gasteiger partial charge in [-0.2, -0.15) is 4.98 Å². The maximum Gasteiger partial charge on any atom is 0.267 e. The van der Waals surface area contributed by atoms with Crippen molar-refractivity contribution in [3.8, 4) is 11.6 Å². The van der Waals surface area contributed by atoms with Gasteiger partial charge in [0.25, 0.3) is 17.1 Å². The van der Waals surface area contributed by atoms with Crippen molar-refractivity contribution >= 4 is 33.4 Å². The molecule has 0 atom stereocenters. The second-order valence-corrected chi connectivity index (χ2v) is 7.19. The van der Waals surface area contributed by atoms with Crippen molar-refractivity contribution in [3.05, 3.63) is 86.4 Å². The third kappa shape index (κ3) is 2.89. The van der Waals surface area contributed by atoms with E-state index in [9.17, 15) is 9.59 Å². The van der Waals surface area contributed by atoms with Crippen LogP contribution in [0.25, 0.3) is 33.4 Å². The van der Waals surface area contributed by atoms with Crippen molar-refractivity contribution < 1.29 is 0 Å². The predicted octanol–water partition coefficient (Wildman–Crippen LogP) is 3.02. The van der Waals surface area contributed by atoms with Gasteiger partial charge >= 0.3 is 0 Å². The average molecular weight is 419 g/mol. The Balaban J connectivity index is 1.75. The molecule has 0 aliphatic carbocycles. The summed E-state index contributed by atoms with van der Waals surface area (Å²) in [6.45, 7) is 1.94. The zero-order chi connectivity index (χ0) is 20.8. The molecule has 0 amide bonds.